The molecule has 2 aromatic rings. The fourth-order valence-corrected chi connectivity index (χ4v) is 4.74. The lowest BCUT2D eigenvalue weighted by Crippen LogP contribution is -2.25. The summed E-state index contributed by atoms with van der Waals surface area (Å²) >= 11 is 2.82. The summed E-state index contributed by atoms with van der Waals surface area (Å²) in [6.45, 7) is 5.85. The molecule has 0 fully saturated rings. The Morgan fingerprint density at radius 3 is 2.72 bits per heavy atom. The Bertz CT molecular complexity index is 862. The fourth-order valence-electron chi connectivity index (χ4n) is 2.67. The Hall–Kier alpha value is -1.73. The molecule has 7 heteroatoms. The first kappa shape index (κ1) is 18.1. The van der Waals surface area contributed by atoms with Crippen molar-refractivity contribution in [3.8, 4) is 5.69 Å². The first-order chi connectivity index (χ1) is 11.9. The highest BCUT2D eigenvalue weighted by Crippen LogP contribution is 2.35. The van der Waals surface area contributed by atoms with Crippen LogP contribution in [-0.4, -0.2) is 33.1 Å². The van der Waals surface area contributed by atoms with Gasteiger partial charge in [0, 0.05) is 11.7 Å². The Morgan fingerprint density at radius 1 is 1.40 bits per heavy atom. The highest BCUT2D eigenvalue weighted by molar-refractivity contribution is 8.00. The van der Waals surface area contributed by atoms with Crippen LogP contribution < -0.4 is 5.56 Å². The SMILES string of the molecule is COC(=O)[C@@H](C)Sc1nc2c(c(=O)n1-c1ccc(C)cc1)S[C@H](C)C2. The van der Waals surface area contributed by atoms with Crippen molar-refractivity contribution >= 4 is 29.5 Å². The van der Waals surface area contributed by atoms with Crippen LogP contribution in [0.25, 0.3) is 5.69 Å². The summed E-state index contributed by atoms with van der Waals surface area (Å²) in [5.41, 5.74) is 2.63. The summed E-state index contributed by atoms with van der Waals surface area (Å²) in [7, 11) is 1.36. The normalized spacial score (nSPS) is 17.2. The number of aryl methyl sites for hydroxylation is 1. The molecule has 1 aliphatic heterocycles. The molecule has 0 saturated carbocycles. The number of ether oxygens (including phenoxy) is 1. The van der Waals surface area contributed by atoms with Crippen molar-refractivity contribution < 1.29 is 9.53 Å². The number of hydrogen-bond acceptors (Lipinski definition) is 6. The summed E-state index contributed by atoms with van der Waals surface area (Å²) in [5, 5.41) is 0.415. The van der Waals surface area contributed by atoms with E-state index in [2.05, 4.69) is 6.92 Å². The van der Waals surface area contributed by atoms with Gasteiger partial charge in [-0.2, -0.15) is 0 Å². The van der Waals surface area contributed by atoms with Crippen molar-refractivity contribution in [3.05, 3.63) is 45.9 Å². The number of nitrogens with zero attached hydrogens (tertiary/aromatic N) is 2. The molecule has 132 valence electrons. The summed E-state index contributed by atoms with van der Waals surface area (Å²) < 4.78 is 6.41. The van der Waals surface area contributed by atoms with Crippen LogP contribution in [0.15, 0.2) is 39.1 Å². The van der Waals surface area contributed by atoms with Crippen LogP contribution in [-0.2, 0) is 16.0 Å². The second kappa shape index (κ2) is 7.25. The largest absolute Gasteiger partial charge is 0.468 e. The molecule has 0 saturated heterocycles. The lowest BCUT2D eigenvalue weighted by molar-refractivity contribution is -0.139. The zero-order valence-electron chi connectivity index (χ0n) is 14.6. The third kappa shape index (κ3) is 3.62. The minimum Gasteiger partial charge on any atom is -0.468 e. The van der Waals surface area contributed by atoms with E-state index in [1.54, 1.807) is 23.3 Å². The topological polar surface area (TPSA) is 61.2 Å². The minimum absolute atomic E-state index is 0.0669. The molecule has 2 heterocycles. The minimum atomic E-state index is -0.446. The third-order valence-corrected chi connectivity index (χ3v) is 6.23. The van der Waals surface area contributed by atoms with Crippen LogP contribution in [0.1, 0.15) is 25.1 Å². The number of carbonyl (C=O) groups is 1. The average Bonchev–Trinajstić information content (AvgIpc) is 2.96. The smallest absolute Gasteiger partial charge is 0.318 e. The van der Waals surface area contributed by atoms with Crippen LogP contribution >= 0.6 is 23.5 Å². The Kier molecular flexibility index (Phi) is 5.24. The van der Waals surface area contributed by atoms with E-state index in [-0.39, 0.29) is 11.5 Å². The zero-order valence-corrected chi connectivity index (χ0v) is 16.2. The second-order valence-corrected chi connectivity index (χ2v) is 8.82. The Balaban J connectivity index is 2.13. The van der Waals surface area contributed by atoms with E-state index in [1.807, 2.05) is 31.2 Å². The number of fused-ring (bicyclic) bond motifs is 1. The van der Waals surface area contributed by atoms with Gasteiger partial charge in [-0.25, -0.2) is 4.98 Å². The quantitative estimate of drug-likeness (QED) is 0.464. The molecule has 0 N–H and O–H groups in total. The van der Waals surface area contributed by atoms with Gasteiger partial charge in [0.2, 0.25) is 0 Å². The molecule has 0 aliphatic carbocycles. The lowest BCUT2D eigenvalue weighted by Gasteiger charge is -2.16. The van der Waals surface area contributed by atoms with Gasteiger partial charge in [0.15, 0.2) is 5.16 Å². The van der Waals surface area contributed by atoms with Crippen LogP contribution in [0.2, 0.25) is 0 Å². The van der Waals surface area contributed by atoms with Gasteiger partial charge in [-0.3, -0.25) is 14.2 Å². The standard InChI is InChI=1S/C18H20N2O3S2/c1-10-5-7-13(8-6-10)20-16(21)15-14(9-11(2)24-15)19-18(20)25-12(3)17(22)23-4/h5-8,11-12H,9H2,1-4H3/t11-,12-/m1/s1. The number of esters is 1. The van der Waals surface area contributed by atoms with Crippen molar-refractivity contribution in [2.24, 2.45) is 0 Å². The van der Waals surface area contributed by atoms with E-state index in [1.165, 1.54) is 18.9 Å². The molecule has 0 amide bonds. The Labute approximate surface area is 155 Å². The molecule has 0 unspecified atom stereocenters. The first-order valence-electron chi connectivity index (χ1n) is 8.04. The number of aromatic nitrogens is 2. The highest BCUT2D eigenvalue weighted by atomic mass is 32.2. The second-order valence-electron chi connectivity index (χ2n) is 6.06. The molecule has 1 aromatic carbocycles. The molecular weight excluding hydrogens is 356 g/mol. The molecule has 0 radical (unpaired) electrons. The maximum absolute atomic E-state index is 13.1. The van der Waals surface area contributed by atoms with Crippen LogP contribution in [0.4, 0.5) is 0 Å². The molecule has 3 rings (SSSR count). The lowest BCUT2D eigenvalue weighted by atomic mass is 10.2. The van der Waals surface area contributed by atoms with Gasteiger partial charge in [0.05, 0.1) is 23.4 Å². The van der Waals surface area contributed by atoms with Gasteiger partial charge in [0.1, 0.15) is 5.25 Å². The van der Waals surface area contributed by atoms with Gasteiger partial charge in [-0.05, 0) is 26.0 Å². The maximum Gasteiger partial charge on any atom is 0.318 e. The van der Waals surface area contributed by atoms with Crippen molar-refractivity contribution in [2.75, 3.05) is 7.11 Å². The van der Waals surface area contributed by atoms with E-state index in [0.717, 1.165) is 23.4 Å². The summed E-state index contributed by atoms with van der Waals surface area (Å²) in [5.74, 6) is -0.335. The van der Waals surface area contributed by atoms with Crippen molar-refractivity contribution in [2.45, 2.75) is 47.7 Å². The number of rotatable bonds is 4. The number of benzene rings is 1. The summed E-state index contributed by atoms with van der Waals surface area (Å²) in [6.07, 6.45) is 0.768. The molecular formula is C18H20N2O3S2. The van der Waals surface area contributed by atoms with E-state index < -0.39 is 5.25 Å². The van der Waals surface area contributed by atoms with Crippen molar-refractivity contribution in [1.82, 2.24) is 9.55 Å². The molecule has 0 spiro atoms. The van der Waals surface area contributed by atoms with Gasteiger partial charge in [-0.15, -0.1) is 11.8 Å². The summed E-state index contributed by atoms with van der Waals surface area (Å²) in [6, 6.07) is 7.73. The van der Waals surface area contributed by atoms with Gasteiger partial charge >= 0.3 is 5.97 Å². The molecule has 0 bridgehead atoms. The van der Waals surface area contributed by atoms with E-state index in [4.69, 9.17) is 9.72 Å². The molecule has 25 heavy (non-hydrogen) atoms. The van der Waals surface area contributed by atoms with Gasteiger partial charge in [-0.1, -0.05) is 36.4 Å². The molecule has 1 aliphatic rings. The Morgan fingerprint density at radius 2 is 2.08 bits per heavy atom. The van der Waals surface area contributed by atoms with E-state index in [9.17, 15) is 9.59 Å². The van der Waals surface area contributed by atoms with Crippen molar-refractivity contribution in [3.63, 3.8) is 0 Å². The fraction of sp³-hybridized carbons (Fsp3) is 0.389. The highest BCUT2D eigenvalue weighted by Gasteiger charge is 2.28. The monoisotopic (exact) mass is 376 g/mol. The number of carbonyl (C=O) groups excluding carboxylic acids is 1. The first-order valence-corrected chi connectivity index (χ1v) is 9.80. The van der Waals surface area contributed by atoms with Crippen molar-refractivity contribution in [1.29, 1.82) is 0 Å². The van der Waals surface area contributed by atoms with Gasteiger partial charge in [0.25, 0.3) is 5.56 Å². The van der Waals surface area contributed by atoms with Crippen LogP contribution in [0.5, 0.6) is 0 Å². The predicted octanol–water partition coefficient (Wildman–Crippen LogP) is 3.23. The number of methoxy groups -OCH3 is 1. The number of thioether (sulfide) groups is 2. The van der Waals surface area contributed by atoms with Gasteiger partial charge < -0.3 is 4.74 Å². The third-order valence-electron chi connectivity index (χ3n) is 3.99. The average molecular weight is 377 g/mol. The zero-order chi connectivity index (χ0) is 18.1. The summed E-state index contributed by atoms with van der Waals surface area (Å²) in [4.78, 5) is 30.4. The number of hydrogen-bond donors (Lipinski definition) is 0. The van der Waals surface area contributed by atoms with Crippen LogP contribution in [0.3, 0.4) is 0 Å². The van der Waals surface area contributed by atoms with Crippen LogP contribution in [0, 0.1) is 6.92 Å². The maximum atomic E-state index is 13.1. The van der Waals surface area contributed by atoms with E-state index in [0.29, 0.717) is 15.3 Å². The van der Waals surface area contributed by atoms with E-state index >= 15 is 0 Å². The molecule has 5 nitrogen and oxygen atoms in total. The predicted molar refractivity (Wildman–Crippen MR) is 101 cm³/mol. The molecule has 1 aromatic heterocycles. The molecule has 2 atom stereocenters.